The van der Waals surface area contributed by atoms with Crippen LogP contribution in [-0.2, 0) is 0 Å². The van der Waals surface area contributed by atoms with Gasteiger partial charge in [0.1, 0.15) is 0 Å². The van der Waals surface area contributed by atoms with Crippen molar-refractivity contribution >= 4 is 0 Å². The normalized spacial score (nSPS) is 42.8. The zero-order chi connectivity index (χ0) is 11.3. The Hall–Kier alpha value is -0.0800. The largest absolute Gasteiger partial charge is 0.395 e. The van der Waals surface area contributed by atoms with Crippen LogP contribution in [0.25, 0.3) is 0 Å². The zero-order valence-electron chi connectivity index (χ0n) is 10.6. The van der Waals surface area contributed by atoms with Gasteiger partial charge in [-0.05, 0) is 43.1 Å². The van der Waals surface area contributed by atoms with Crippen LogP contribution >= 0.6 is 0 Å². The van der Waals surface area contributed by atoms with Gasteiger partial charge < -0.3 is 10.0 Å². The van der Waals surface area contributed by atoms with E-state index in [4.69, 9.17) is 5.11 Å². The zero-order valence-corrected chi connectivity index (χ0v) is 10.6. The highest BCUT2D eigenvalue weighted by molar-refractivity contribution is 5.13. The molecule has 0 spiro atoms. The summed E-state index contributed by atoms with van der Waals surface area (Å²) in [7, 11) is 2.17. The molecular formula is C13H25NO. The van der Waals surface area contributed by atoms with Crippen LogP contribution in [0.5, 0.6) is 0 Å². The molecule has 2 fully saturated rings. The van der Waals surface area contributed by atoms with Gasteiger partial charge in [0, 0.05) is 12.6 Å². The molecule has 2 rings (SSSR count). The number of likely N-dealkylation sites (N-methyl/N-ethyl adjacent to an activating group) is 1. The summed E-state index contributed by atoms with van der Waals surface area (Å²) in [6.45, 7) is 8.45. The van der Waals surface area contributed by atoms with Crippen molar-refractivity contribution in [2.24, 2.45) is 16.7 Å². The Labute approximate surface area is 93.7 Å². The lowest BCUT2D eigenvalue weighted by Gasteiger charge is -2.43. The van der Waals surface area contributed by atoms with E-state index >= 15 is 0 Å². The molecular weight excluding hydrogens is 186 g/mol. The van der Waals surface area contributed by atoms with Crippen LogP contribution in [0.1, 0.15) is 40.0 Å². The van der Waals surface area contributed by atoms with Crippen LogP contribution in [-0.4, -0.2) is 36.2 Å². The molecule has 2 aliphatic carbocycles. The van der Waals surface area contributed by atoms with E-state index in [0.717, 1.165) is 12.5 Å². The quantitative estimate of drug-likeness (QED) is 0.773. The Bertz CT molecular complexity index is 251. The maximum Gasteiger partial charge on any atom is 0.0558 e. The second-order valence-electron chi connectivity index (χ2n) is 6.33. The Morgan fingerprint density at radius 1 is 1.33 bits per heavy atom. The van der Waals surface area contributed by atoms with Crippen molar-refractivity contribution in [3.05, 3.63) is 0 Å². The number of nitrogens with zero attached hydrogens (tertiary/aromatic N) is 1. The Morgan fingerprint density at radius 3 is 2.40 bits per heavy atom. The van der Waals surface area contributed by atoms with E-state index in [-0.39, 0.29) is 6.61 Å². The third kappa shape index (κ3) is 1.38. The molecule has 2 heteroatoms. The van der Waals surface area contributed by atoms with Gasteiger partial charge in [-0.25, -0.2) is 0 Å². The molecule has 0 aromatic carbocycles. The average molecular weight is 211 g/mol. The molecule has 0 heterocycles. The highest BCUT2D eigenvalue weighted by Gasteiger charge is 2.61. The lowest BCUT2D eigenvalue weighted by Crippen LogP contribution is -2.46. The van der Waals surface area contributed by atoms with E-state index in [0.29, 0.717) is 16.9 Å². The van der Waals surface area contributed by atoms with Crippen LogP contribution in [0, 0.1) is 16.7 Å². The van der Waals surface area contributed by atoms with Crippen molar-refractivity contribution in [2.75, 3.05) is 20.2 Å². The Kier molecular flexibility index (Phi) is 2.63. The van der Waals surface area contributed by atoms with Gasteiger partial charge in [0.2, 0.25) is 0 Å². The molecule has 0 aromatic heterocycles. The van der Waals surface area contributed by atoms with E-state index in [1.165, 1.54) is 19.3 Å². The maximum absolute atomic E-state index is 9.04. The fourth-order valence-corrected chi connectivity index (χ4v) is 4.14. The van der Waals surface area contributed by atoms with Crippen LogP contribution in [0.2, 0.25) is 0 Å². The molecule has 2 saturated carbocycles. The second-order valence-corrected chi connectivity index (χ2v) is 6.33. The lowest BCUT2D eigenvalue weighted by atomic mass is 9.69. The van der Waals surface area contributed by atoms with Crippen LogP contribution in [0.3, 0.4) is 0 Å². The average Bonchev–Trinajstić information content (AvgIpc) is 2.49. The number of rotatable bonds is 3. The van der Waals surface area contributed by atoms with Gasteiger partial charge in [0.15, 0.2) is 0 Å². The Balaban J connectivity index is 2.18. The van der Waals surface area contributed by atoms with E-state index in [1.54, 1.807) is 0 Å². The summed E-state index contributed by atoms with van der Waals surface area (Å²) >= 11 is 0. The van der Waals surface area contributed by atoms with Crippen molar-refractivity contribution in [3.8, 4) is 0 Å². The molecule has 2 aliphatic rings. The van der Waals surface area contributed by atoms with Crippen molar-refractivity contribution in [1.29, 1.82) is 0 Å². The van der Waals surface area contributed by atoms with Gasteiger partial charge in [0.25, 0.3) is 0 Å². The third-order valence-electron chi connectivity index (χ3n) is 5.73. The third-order valence-corrected chi connectivity index (χ3v) is 5.73. The molecule has 3 atom stereocenters. The SMILES string of the molecule is CN(CCO)C1CC2CCC1(C)C2(C)C. The smallest absolute Gasteiger partial charge is 0.0558 e. The number of hydrogen-bond acceptors (Lipinski definition) is 2. The molecule has 3 unspecified atom stereocenters. The summed E-state index contributed by atoms with van der Waals surface area (Å²) in [6, 6.07) is 0.679. The highest BCUT2D eigenvalue weighted by Crippen LogP contribution is 2.66. The summed E-state index contributed by atoms with van der Waals surface area (Å²) in [5.74, 6) is 0.897. The summed E-state index contributed by atoms with van der Waals surface area (Å²) < 4.78 is 0. The van der Waals surface area contributed by atoms with Crippen molar-refractivity contribution in [3.63, 3.8) is 0 Å². The first kappa shape index (κ1) is 11.4. The fraction of sp³-hybridized carbons (Fsp3) is 1.00. The molecule has 0 radical (unpaired) electrons. The number of aliphatic hydroxyl groups is 1. The van der Waals surface area contributed by atoms with Crippen LogP contribution in [0.4, 0.5) is 0 Å². The van der Waals surface area contributed by atoms with Gasteiger partial charge in [0.05, 0.1) is 6.61 Å². The molecule has 1 N–H and O–H groups in total. The molecule has 15 heavy (non-hydrogen) atoms. The molecule has 88 valence electrons. The van der Waals surface area contributed by atoms with Gasteiger partial charge in [-0.15, -0.1) is 0 Å². The predicted octanol–water partition coefficient (Wildman–Crippen LogP) is 2.13. The molecule has 0 aromatic rings. The van der Waals surface area contributed by atoms with E-state index < -0.39 is 0 Å². The maximum atomic E-state index is 9.04. The van der Waals surface area contributed by atoms with E-state index in [1.807, 2.05) is 0 Å². The molecule has 2 nitrogen and oxygen atoms in total. The van der Waals surface area contributed by atoms with E-state index in [2.05, 4.69) is 32.7 Å². The monoisotopic (exact) mass is 211 g/mol. The van der Waals surface area contributed by atoms with Gasteiger partial charge in [-0.2, -0.15) is 0 Å². The molecule has 0 amide bonds. The first-order valence-electron chi connectivity index (χ1n) is 6.24. The molecule has 0 saturated heterocycles. The number of aliphatic hydroxyl groups excluding tert-OH is 1. The summed E-state index contributed by atoms with van der Waals surface area (Å²) in [4.78, 5) is 2.38. The van der Waals surface area contributed by atoms with Crippen molar-refractivity contribution in [1.82, 2.24) is 4.90 Å². The summed E-state index contributed by atoms with van der Waals surface area (Å²) in [6.07, 6.45) is 4.11. The summed E-state index contributed by atoms with van der Waals surface area (Å²) in [5.41, 5.74) is 0.947. The minimum atomic E-state index is 0.286. The van der Waals surface area contributed by atoms with Crippen molar-refractivity contribution in [2.45, 2.75) is 46.1 Å². The van der Waals surface area contributed by atoms with Crippen molar-refractivity contribution < 1.29 is 5.11 Å². The highest BCUT2D eigenvalue weighted by atomic mass is 16.3. The van der Waals surface area contributed by atoms with E-state index in [9.17, 15) is 0 Å². The lowest BCUT2D eigenvalue weighted by molar-refractivity contribution is 0.0491. The Morgan fingerprint density at radius 2 is 2.00 bits per heavy atom. The standard InChI is InChI=1S/C13H25NO/c1-12(2)10-5-6-13(12,3)11(9-10)14(4)7-8-15/h10-11,15H,5-9H2,1-4H3. The van der Waals surface area contributed by atoms with Gasteiger partial charge >= 0.3 is 0 Å². The first-order valence-corrected chi connectivity index (χ1v) is 6.24. The first-order chi connectivity index (χ1) is 6.93. The predicted molar refractivity (Wildman–Crippen MR) is 62.7 cm³/mol. The fourth-order valence-electron chi connectivity index (χ4n) is 4.14. The topological polar surface area (TPSA) is 23.5 Å². The molecule has 0 aliphatic heterocycles. The van der Waals surface area contributed by atoms with Gasteiger partial charge in [-0.3, -0.25) is 0 Å². The summed E-state index contributed by atoms with van der Waals surface area (Å²) in [5, 5.41) is 9.04. The molecule has 2 bridgehead atoms. The second kappa shape index (κ2) is 3.46. The number of fused-ring (bicyclic) bond motifs is 2. The van der Waals surface area contributed by atoms with Gasteiger partial charge in [-0.1, -0.05) is 20.8 Å². The minimum absolute atomic E-state index is 0.286. The van der Waals surface area contributed by atoms with Crippen LogP contribution < -0.4 is 0 Å². The number of hydrogen-bond donors (Lipinski definition) is 1. The minimum Gasteiger partial charge on any atom is -0.395 e. The van der Waals surface area contributed by atoms with Crippen LogP contribution in [0.15, 0.2) is 0 Å².